The largest absolute Gasteiger partial charge is 0.481 e. The molecule has 2 aromatic carbocycles. The van der Waals surface area contributed by atoms with E-state index in [1.54, 1.807) is 0 Å². The summed E-state index contributed by atoms with van der Waals surface area (Å²) in [7, 11) is 0. The maximum Gasteiger partial charge on any atom is 0.200 e. The van der Waals surface area contributed by atoms with Crippen molar-refractivity contribution in [1.29, 1.82) is 0 Å². The minimum Gasteiger partial charge on any atom is -0.481 e. The lowest BCUT2D eigenvalue weighted by molar-refractivity contribution is 0.190. The van der Waals surface area contributed by atoms with Crippen LogP contribution in [-0.4, -0.2) is 12.6 Å². The summed E-state index contributed by atoms with van der Waals surface area (Å²) in [5, 5.41) is 3.37. The highest BCUT2D eigenvalue weighted by Gasteiger charge is 2.24. The zero-order valence-corrected chi connectivity index (χ0v) is 11.6. The van der Waals surface area contributed by atoms with Gasteiger partial charge in [0.1, 0.15) is 6.10 Å². The van der Waals surface area contributed by atoms with Crippen molar-refractivity contribution in [3.63, 3.8) is 0 Å². The monoisotopic (exact) mass is 289 g/mol. The Balaban J connectivity index is 1.79. The first kappa shape index (κ1) is 14.0. The van der Waals surface area contributed by atoms with Crippen LogP contribution in [0.1, 0.15) is 24.5 Å². The Morgan fingerprint density at radius 2 is 1.81 bits per heavy atom. The molecule has 2 nitrogen and oxygen atoms in total. The standard InChI is InChI=1S/C17H17F2NO/c18-14-7-4-8-15(17(14)19)21-16(11-20-13-9-10-13)12-5-2-1-3-6-12/h1-8,13,16,20H,9-11H2. The average molecular weight is 289 g/mol. The Morgan fingerprint density at radius 3 is 2.52 bits per heavy atom. The lowest BCUT2D eigenvalue weighted by atomic mass is 10.1. The lowest BCUT2D eigenvalue weighted by Gasteiger charge is -2.20. The second-order valence-corrected chi connectivity index (χ2v) is 5.25. The van der Waals surface area contributed by atoms with Crippen LogP contribution in [0.15, 0.2) is 48.5 Å². The van der Waals surface area contributed by atoms with Crippen molar-refractivity contribution in [2.75, 3.05) is 6.54 Å². The van der Waals surface area contributed by atoms with Crippen molar-refractivity contribution in [2.45, 2.75) is 25.0 Å². The third-order valence-corrected chi connectivity index (χ3v) is 3.53. The molecule has 1 fully saturated rings. The molecule has 2 aromatic rings. The highest BCUT2D eigenvalue weighted by Crippen LogP contribution is 2.27. The molecule has 1 unspecified atom stereocenters. The van der Waals surface area contributed by atoms with E-state index in [2.05, 4.69) is 5.32 Å². The van der Waals surface area contributed by atoms with E-state index in [9.17, 15) is 8.78 Å². The summed E-state index contributed by atoms with van der Waals surface area (Å²) in [6.07, 6.45) is 1.98. The molecule has 3 rings (SSSR count). The molecule has 110 valence electrons. The third-order valence-electron chi connectivity index (χ3n) is 3.53. The molecular formula is C17H17F2NO. The van der Waals surface area contributed by atoms with E-state index in [1.165, 1.54) is 12.1 Å². The summed E-state index contributed by atoms with van der Waals surface area (Å²) >= 11 is 0. The van der Waals surface area contributed by atoms with Gasteiger partial charge in [0.05, 0.1) is 0 Å². The molecule has 0 bridgehead atoms. The molecule has 4 heteroatoms. The van der Waals surface area contributed by atoms with Crippen LogP contribution in [0, 0.1) is 11.6 Å². The van der Waals surface area contributed by atoms with Crippen molar-refractivity contribution < 1.29 is 13.5 Å². The van der Waals surface area contributed by atoms with Crippen LogP contribution in [0.25, 0.3) is 0 Å². The number of ether oxygens (including phenoxy) is 1. The highest BCUT2D eigenvalue weighted by molar-refractivity contribution is 5.27. The summed E-state index contributed by atoms with van der Waals surface area (Å²) in [4.78, 5) is 0. The molecule has 1 N–H and O–H groups in total. The topological polar surface area (TPSA) is 21.3 Å². The maximum absolute atomic E-state index is 13.8. The smallest absolute Gasteiger partial charge is 0.200 e. The van der Waals surface area contributed by atoms with E-state index in [4.69, 9.17) is 4.74 Å². The fourth-order valence-corrected chi connectivity index (χ4v) is 2.18. The van der Waals surface area contributed by atoms with Crippen LogP contribution in [0.2, 0.25) is 0 Å². The van der Waals surface area contributed by atoms with Crippen molar-refractivity contribution >= 4 is 0 Å². The maximum atomic E-state index is 13.8. The Bertz CT molecular complexity index is 599. The van der Waals surface area contributed by atoms with Gasteiger partial charge in [-0.3, -0.25) is 0 Å². The van der Waals surface area contributed by atoms with Crippen molar-refractivity contribution in [3.8, 4) is 5.75 Å². The molecule has 21 heavy (non-hydrogen) atoms. The molecule has 0 aromatic heterocycles. The van der Waals surface area contributed by atoms with Crippen molar-refractivity contribution in [2.24, 2.45) is 0 Å². The van der Waals surface area contributed by atoms with E-state index in [-0.39, 0.29) is 11.9 Å². The Labute approximate surface area is 122 Å². The van der Waals surface area contributed by atoms with E-state index >= 15 is 0 Å². The SMILES string of the molecule is Fc1cccc(OC(CNC2CC2)c2ccccc2)c1F. The number of benzene rings is 2. The van der Waals surface area contributed by atoms with Gasteiger partial charge in [-0.2, -0.15) is 4.39 Å². The van der Waals surface area contributed by atoms with Gasteiger partial charge in [-0.05, 0) is 30.5 Å². The van der Waals surface area contributed by atoms with Crippen molar-refractivity contribution in [3.05, 3.63) is 65.7 Å². The number of halogens is 2. The Morgan fingerprint density at radius 1 is 1.05 bits per heavy atom. The van der Waals surface area contributed by atoms with Gasteiger partial charge >= 0.3 is 0 Å². The fraction of sp³-hybridized carbons (Fsp3) is 0.294. The first-order chi connectivity index (χ1) is 10.2. The van der Waals surface area contributed by atoms with Crippen LogP contribution >= 0.6 is 0 Å². The zero-order chi connectivity index (χ0) is 14.7. The van der Waals surface area contributed by atoms with Gasteiger partial charge in [-0.1, -0.05) is 36.4 Å². The fourth-order valence-electron chi connectivity index (χ4n) is 2.18. The van der Waals surface area contributed by atoms with E-state index in [0.717, 1.165) is 24.5 Å². The number of rotatable bonds is 6. The molecule has 0 aliphatic heterocycles. The second kappa shape index (κ2) is 6.22. The number of hydrogen-bond donors (Lipinski definition) is 1. The van der Waals surface area contributed by atoms with E-state index in [1.807, 2.05) is 30.3 Å². The third kappa shape index (κ3) is 3.58. The molecule has 0 saturated heterocycles. The quantitative estimate of drug-likeness (QED) is 0.872. The molecule has 0 heterocycles. The summed E-state index contributed by atoms with van der Waals surface area (Å²) in [6.45, 7) is 0.574. The average Bonchev–Trinajstić information content (AvgIpc) is 3.33. The molecule has 0 amide bonds. The molecule has 0 radical (unpaired) electrons. The normalized spacial score (nSPS) is 15.7. The van der Waals surface area contributed by atoms with Crippen LogP contribution in [0.4, 0.5) is 8.78 Å². The van der Waals surface area contributed by atoms with Crippen molar-refractivity contribution in [1.82, 2.24) is 5.32 Å². The minimum atomic E-state index is -0.940. The first-order valence-corrected chi connectivity index (χ1v) is 7.13. The molecule has 1 atom stereocenters. The molecule has 1 aliphatic rings. The van der Waals surface area contributed by atoms with Gasteiger partial charge in [0.15, 0.2) is 11.6 Å². The Kier molecular flexibility index (Phi) is 4.15. The Hall–Kier alpha value is -1.94. The van der Waals surface area contributed by atoms with Gasteiger partial charge in [-0.25, -0.2) is 4.39 Å². The van der Waals surface area contributed by atoms with Crippen LogP contribution in [0.5, 0.6) is 5.75 Å². The zero-order valence-electron chi connectivity index (χ0n) is 11.6. The van der Waals surface area contributed by atoms with Gasteiger partial charge < -0.3 is 10.1 Å². The van der Waals surface area contributed by atoms with Crippen LogP contribution in [0.3, 0.4) is 0 Å². The van der Waals surface area contributed by atoms with Gasteiger partial charge in [0.2, 0.25) is 5.82 Å². The summed E-state index contributed by atoms with van der Waals surface area (Å²) < 4.78 is 32.8. The predicted octanol–water partition coefficient (Wildman–Crippen LogP) is 3.84. The highest BCUT2D eigenvalue weighted by atomic mass is 19.2. The first-order valence-electron chi connectivity index (χ1n) is 7.13. The van der Waals surface area contributed by atoms with E-state index in [0.29, 0.717) is 12.6 Å². The summed E-state index contributed by atoms with van der Waals surface area (Å²) in [5.74, 6) is -1.89. The summed E-state index contributed by atoms with van der Waals surface area (Å²) in [5.41, 5.74) is 0.939. The van der Waals surface area contributed by atoms with Crippen LogP contribution < -0.4 is 10.1 Å². The molecular weight excluding hydrogens is 272 g/mol. The lowest BCUT2D eigenvalue weighted by Crippen LogP contribution is -2.27. The van der Waals surface area contributed by atoms with E-state index < -0.39 is 11.6 Å². The molecule has 1 saturated carbocycles. The van der Waals surface area contributed by atoms with Crippen LogP contribution in [-0.2, 0) is 0 Å². The number of nitrogens with one attached hydrogen (secondary N) is 1. The summed E-state index contributed by atoms with van der Waals surface area (Å²) in [6, 6.07) is 14.1. The molecule has 0 spiro atoms. The van der Waals surface area contributed by atoms with Gasteiger partial charge in [0.25, 0.3) is 0 Å². The van der Waals surface area contributed by atoms with Gasteiger partial charge in [-0.15, -0.1) is 0 Å². The molecule has 1 aliphatic carbocycles. The minimum absolute atomic E-state index is 0.0542. The number of hydrogen-bond acceptors (Lipinski definition) is 2. The predicted molar refractivity (Wildman–Crippen MR) is 77.2 cm³/mol. The second-order valence-electron chi connectivity index (χ2n) is 5.25. The van der Waals surface area contributed by atoms with Gasteiger partial charge in [0, 0.05) is 12.6 Å².